The number of piperidine rings is 1. The Morgan fingerprint density at radius 3 is 2.54 bits per heavy atom. The Kier molecular flexibility index (Phi) is 6.29. The van der Waals surface area contributed by atoms with E-state index < -0.39 is 11.8 Å². The van der Waals surface area contributed by atoms with Crippen LogP contribution in [0.1, 0.15) is 49.0 Å². The van der Waals surface area contributed by atoms with E-state index >= 15 is 0 Å². The number of hydrogen-bond acceptors (Lipinski definition) is 5. The van der Waals surface area contributed by atoms with Gasteiger partial charge in [0.1, 0.15) is 5.82 Å². The fourth-order valence-corrected chi connectivity index (χ4v) is 3.40. The molecule has 148 valence electrons. The summed E-state index contributed by atoms with van der Waals surface area (Å²) >= 11 is 0. The van der Waals surface area contributed by atoms with Gasteiger partial charge < -0.3 is 9.47 Å². The van der Waals surface area contributed by atoms with E-state index in [1.54, 1.807) is 30.5 Å². The van der Waals surface area contributed by atoms with Crippen LogP contribution in [0.5, 0.6) is 11.5 Å². The van der Waals surface area contributed by atoms with Gasteiger partial charge in [-0.15, -0.1) is 0 Å². The maximum atomic E-state index is 13.8. The average Bonchev–Trinajstić information content (AvgIpc) is 2.68. The summed E-state index contributed by atoms with van der Waals surface area (Å²) in [7, 11) is 1.49. The third-order valence-corrected chi connectivity index (χ3v) is 4.97. The average molecular weight is 384 g/mol. The van der Waals surface area contributed by atoms with Crippen LogP contribution in [0.15, 0.2) is 47.6 Å². The van der Waals surface area contributed by atoms with Crippen molar-refractivity contribution in [3.8, 4) is 11.5 Å². The second kappa shape index (κ2) is 8.87. The van der Waals surface area contributed by atoms with Crippen LogP contribution in [0.4, 0.5) is 4.39 Å². The van der Waals surface area contributed by atoms with E-state index in [2.05, 4.69) is 24.0 Å². The number of carbonyl (C=O) groups is 1. The first kappa shape index (κ1) is 19.9. The summed E-state index contributed by atoms with van der Waals surface area (Å²) in [6, 6.07) is 11.7. The van der Waals surface area contributed by atoms with Crippen LogP contribution in [0.2, 0.25) is 0 Å². The Morgan fingerprint density at radius 1 is 1.14 bits per heavy atom. The molecular weight excluding hydrogens is 359 g/mol. The molecular formula is C22H25FN2O3. The second-order valence-corrected chi connectivity index (χ2v) is 7.03. The molecule has 3 rings (SSSR count). The SMILES string of the molecule is COc1cc(/C=N\N2[C@H](C)CCC[C@@H]2C)ccc1OC(=O)c1ccccc1F. The van der Waals surface area contributed by atoms with E-state index in [9.17, 15) is 9.18 Å². The molecule has 0 spiro atoms. The van der Waals surface area contributed by atoms with Crippen molar-refractivity contribution in [2.75, 3.05) is 7.11 Å². The molecule has 1 aliphatic rings. The lowest BCUT2D eigenvalue weighted by molar-refractivity contribution is 0.0725. The summed E-state index contributed by atoms with van der Waals surface area (Å²) < 4.78 is 24.4. The summed E-state index contributed by atoms with van der Waals surface area (Å²) in [5.41, 5.74) is 0.704. The minimum absolute atomic E-state index is 0.122. The van der Waals surface area contributed by atoms with Gasteiger partial charge in [0.15, 0.2) is 11.5 Å². The highest BCUT2D eigenvalue weighted by atomic mass is 19.1. The first-order valence-electron chi connectivity index (χ1n) is 9.46. The molecule has 2 aromatic carbocycles. The van der Waals surface area contributed by atoms with Crippen LogP contribution >= 0.6 is 0 Å². The molecule has 2 aromatic rings. The normalized spacial score (nSPS) is 19.6. The van der Waals surface area contributed by atoms with E-state index in [-0.39, 0.29) is 11.3 Å². The zero-order valence-corrected chi connectivity index (χ0v) is 16.4. The summed E-state index contributed by atoms with van der Waals surface area (Å²) in [5.74, 6) is -0.783. The first-order chi connectivity index (χ1) is 13.5. The van der Waals surface area contributed by atoms with Gasteiger partial charge in [-0.05, 0) is 69.0 Å². The van der Waals surface area contributed by atoms with Crippen LogP contribution in [-0.4, -0.2) is 36.4 Å². The Morgan fingerprint density at radius 2 is 1.86 bits per heavy atom. The number of nitrogens with zero attached hydrogens (tertiary/aromatic N) is 2. The lowest BCUT2D eigenvalue weighted by atomic mass is 10.00. The quantitative estimate of drug-likeness (QED) is 0.428. The molecule has 0 radical (unpaired) electrons. The molecule has 0 unspecified atom stereocenters. The van der Waals surface area contributed by atoms with Crippen LogP contribution in [0.3, 0.4) is 0 Å². The van der Waals surface area contributed by atoms with Crippen LogP contribution < -0.4 is 9.47 Å². The van der Waals surface area contributed by atoms with Crippen molar-refractivity contribution in [2.24, 2.45) is 5.10 Å². The molecule has 2 atom stereocenters. The first-order valence-corrected chi connectivity index (χ1v) is 9.46. The molecule has 1 saturated heterocycles. The Labute approximate surface area is 164 Å². The number of benzene rings is 2. The van der Waals surface area contributed by atoms with Crippen LogP contribution in [0, 0.1) is 5.82 Å². The van der Waals surface area contributed by atoms with Crippen molar-refractivity contribution in [3.63, 3.8) is 0 Å². The molecule has 0 amide bonds. The molecule has 0 aliphatic carbocycles. The number of hydrogen-bond donors (Lipinski definition) is 0. The van der Waals surface area contributed by atoms with E-state index in [1.807, 2.05) is 0 Å². The third-order valence-electron chi connectivity index (χ3n) is 4.97. The smallest absolute Gasteiger partial charge is 0.346 e. The Bertz CT molecular complexity index is 859. The van der Waals surface area contributed by atoms with Crippen molar-refractivity contribution < 1.29 is 18.7 Å². The fourth-order valence-electron chi connectivity index (χ4n) is 3.40. The molecule has 0 N–H and O–H groups in total. The van der Waals surface area contributed by atoms with Gasteiger partial charge in [0.25, 0.3) is 0 Å². The number of rotatable bonds is 5. The van der Waals surface area contributed by atoms with Crippen molar-refractivity contribution in [1.82, 2.24) is 5.01 Å². The number of hydrazone groups is 1. The fraction of sp³-hybridized carbons (Fsp3) is 0.364. The zero-order chi connectivity index (χ0) is 20.1. The topological polar surface area (TPSA) is 51.1 Å². The third kappa shape index (κ3) is 4.50. The van der Waals surface area contributed by atoms with Crippen molar-refractivity contribution in [2.45, 2.75) is 45.2 Å². The van der Waals surface area contributed by atoms with Crippen molar-refractivity contribution in [3.05, 3.63) is 59.4 Å². The van der Waals surface area contributed by atoms with Crippen LogP contribution in [-0.2, 0) is 0 Å². The van der Waals surface area contributed by atoms with E-state index in [4.69, 9.17) is 9.47 Å². The van der Waals surface area contributed by atoms with Gasteiger partial charge >= 0.3 is 5.97 Å². The molecule has 0 saturated carbocycles. The van der Waals surface area contributed by atoms with E-state index in [0.29, 0.717) is 17.8 Å². The standard InChI is InChI=1S/C22H25FN2O3/c1-15-7-6-8-16(2)25(15)24-14-17-11-12-20(21(13-17)27-3)28-22(26)18-9-4-5-10-19(18)23/h4-5,9-16H,6-8H2,1-3H3/b24-14-/t15-,16+. The van der Waals surface area contributed by atoms with Crippen molar-refractivity contribution >= 4 is 12.2 Å². The minimum Gasteiger partial charge on any atom is -0.493 e. The Hall–Kier alpha value is -2.89. The van der Waals surface area contributed by atoms with Gasteiger partial charge in [0, 0.05) is 12.1 Å². The van der Waals surface area contributed by atoms with Gasteiger partial charge in [-0.2, -0.15) is 5.10 Å². The van der Waals surface area contributed by atoms with Crippen LogP contribution in [0.25, 0.3) is 0 Å². The maximum Gasteiger partial charge on any atom is 0.346 e. The molecule has 1 fully saturated rings. The Balaban J connectivity index is 1.76. The van der Waals surface area contributed by atoms with Gasteiger partial charge in [-0.3, -0.25) is 5.01 Å². The van der Waals surface area contributed by atoms with Gasteiger partial charge in [-0.25, -0.2) is 9.18 Å². The number of esters is 1. The maximum absolute atomic E-state index is 13.8. The summed E-state index contributed by atoms with van der Waals surface area (Å²) in [6.45, 7) is 4.36. The lowest BCUT2D eigenvalue weighted by Gasteiger charge is -2.36. The molecule has 1 heterocycles. The van der Waals surface area contributed by atoms with Gasteiger partial charge in [0.05, 0.1) is 18.9 Å². The van der Waals surface area contributed by atoms with Crippen molar-refractivity contribution in [1.29, 1.82) is 0 Å². The monoisotopic (exact) mass is 384 g/mol. The van der Waals surface area contributed by atoms with E-state index in [1.165, 1.54) is 31.7 Å². The number of halogens is 1. The predicted octanol–water partition coefficient (Wildman–Crippen LogP) is 4.65. The molecule has 6 heteroatoms. The second-order valence-electron chi connectivity index (χ2n) is 7.03. The lowest BCUT2D eigenvalue weighted by Crippen LogP contribution is -2.39. The highest BCUT2D eigenvalue weighted by Crippen LogP contribution is 2.29. The largest absolute Gasteiger partial charge is 0.493 e. The molecule has 1 aliphatic heterocycles. The van der Waals surface area contributed by atoms with Gasteiger partial charge in [0.2, 0.25) is 0 Å². The summed E-state index contributed by atoms with van der Waals surface area (Å²) in [6.07, 6.45) is 5.28. The highest BCUT2D eigenvalue weighted by Gasteiger charge is 2.22. The summed E-state index contributed by atoms with van der Waals surface area (Å²) in [5, 5.41) is 6.76. The summed E-state index contributed by atoms with van der Waals surface area (Å²) in [4.78, 5) is 12.2. The van der Waals surface area contributed by atoms with Gasteiger partial charge in [-0.1, -0.05) is 12.1 Å². The molecule has 5 nitrogen and oxygen atoms in total. The molecule has 28 heavy (non-hydrogen) atoms. The predicted molar refractivity (Wildman–Crippen MR) is 107 cm³/mol. The number of methoxy groups -OCH3 is 1. The highest BCUT2D eigenvalue weighted by molar-refractivity contribution is 5.92. The zero-order valence-electron chi connectivity index (χ0n) is 16.4. The van der Waals surface area contributed by atoms with E-state index in [0.717, 1.165) is 18.4 Å². The number of carbonyl (C=O) groups excluding carboxylic acids is 1. The minimum atomic E-state index is -0.770. The molecule has 0 bridgehead atoms. The number of ether oxygens (including phenoxy) is 2. The molecule has 0 aromatic heterocycles.